The van der Waals surface area contributed by atoms with E-state index in [2.05, 4.69) is 4.98 Å². The lowest BCUT2D eigenvalue weighted by Crippen LogP contribution is -2.50. The first-order valence-electron chi connectivity index (χ1n) is 8.35. The Kier molecular flexibility index (Phi) is 5.42. The number of methoxy groups -OCH3 is 1. The highest BCUT2D eigenvalue weighted by molar-refractivity contribution is 6.31. The number of halogens is 1. The smallest absolute Gasteiger partial charge is 0.272 e. The number of carbonyl (C=O) groups is 2. The highest BCUT2D eigenvalue weighted by Crippen LogP contribution is 2.29. The average molecular weight is 374 g/mol. The van der Waals surface area contributed by atoms with Gasteiger partial charge in [0, 0.05) is 37.4 Å². The van der Waals surface area contributed by atoms with Crippen LogP contribution in [0.4, 0.5) is 0 Å². The Morgan fingerprint density at radius 1 is 1.08 bits per heavy atom. The predicted octanol–water partition coefficient (Wildman–Crippen LogP) is 2.65. The van der Waals surface area contributed by atoms with Gasteiger partial charge in [0.15, 0.2) is 0 Å². The van der Waals surface area contributed by atoms with Gasteiger partial charge in [-0.3, -0.25) is 14.6 Å². The van der Waals surface area contributed by atoms with Crippen LogP contribution in [0.25, 0.3) is 0 Å². The zero-order valence-corrected chi connectivity index (χ0v) is 15.5. The van der Waals surface area contributed by atoms with E-state index < -0.39 is 0 Å². The number of ether oxygens (including phenoxy) is 1. The molecular weight excluding hydrogens is 354 g/mol. The summed E-state index contributed by atoms with van der Waals surface area (Å²) < 4.78 is 5.38. The number of aryl methyl sites for hydroxylation is 1. The number of hydrogen-bond acceptors (Lipinski definition) is 4. The van der Waals surface area contributed by atoms with E-state index in [0.29, 0.717) is 48.2 Å². The summed E-state index contributed by atoms with van der Waals surface area (Å²) in [6.07, 6.45) is 1.60. The number of amides is 2. The zero-order valence-electron chi connectivity index (χ0n) is 14.7. The minimum Gasteiger partial charge on any atom is -0.496 e. The monoisotopic (exact) mass is 373 g/mol. The number of aromatic nitrogens is 1. The molecule has 2 heterocycles. The number of benzene rings is 1. The molecule has 0 N–H and O–H groups in total. The third-order valence-electron chi connectivity index (χ3n) is 4.41. The van der Waals surface area contributed by atoms with Crippen molar-refractivity contribution in [2.75, 3.05) is 33.3 Å². The Bertz CT molecular complexity index is 818. The molecule has 7 heteroatoms. The molecule has 1 aromatic carbocycles. The second-order valence-electron chi connectivity index (χ2n) is 6.10. The molecule has 1 aliphatic heterocycles. The summed E-state index contributed by atoms with van der Waals surface area (Å²) >= 11 is 6.11. The lowest BCUT2D eigenvalue weighted by molar-refractivity contribution is 0.0530. The fraction of sp³-hybridized carbons (Fsp3) is 0.316. The molecular formula is C19H20ClN3O3. The normalized spacial score (nSPS) is 14.3. The van der Waals surface area contributed by atoms with Gasteiger partial charge in [-0.2, -0.15) is 0 Å². The standard InChI is InChI=1S/C19H20ClN3O3/c1-13-11-14(20)12-15(17(13)26-2)18(24)22-7-9-23(10-8-22)19(25)16-5-3-4-6-21-16/h3-6,11-12H,7-10H2,1-2H3. The topological polar surface area (TPSA) is 62.7 Å². The first-order valence-corrected chi connectivity index (χ1v) is 8.72. The highest BCUT2D eigenvalue weighted by Gasteiger charge is 2.28. The number of hydrogen-bond donors (Lipinski definition) is 0. The number of carbonyl (C=O) groups excluding carboxylic acids is 2. The molecule has 0 aliphatic carbocycles. The number of pyridine rings is 1. The van der Waals surface area contributed by atoms with Crippen LogP contribution in [0, 0.1) is 6.92 Å². The molecule has 0 radical (unpaired) electrons. The van der Waals surface area contributed by atoms with Crippen molar-refractivity contribution in [3.05, 3.63) is 58.4 Å². The molecule has 2 aromatic rings. The van der Waals surface area contributed by atoms with Gasteiger partial charge in [-0.05, 0) is 36.8 Å². The summed E-state index contributed by atoms with van der Waals surface area (Å²) in [7, 11) is 1.54. The van der Waals surface area contributed by atoms with E-state index in [-0.39, 0.29) is 11.8 Å². The van der Waals surface area contributed by atoms with E-state index in [1.165, 1.54) is 7.11 Å². The van der Waals surface area contributed by atoms with E-state index in [4.69, 9.17) is 16.3 Å². The molecule has 6 nitrogen and oxygen atoms in total. The summed E-state index contributed by atoms with van der Waals surface area (Å²) in [6, 6.07) is 8.64. The largest absolute Gasteiger partial charge is 0.496 e. The molecule has 136 valence electrons. The van der Waals surface area contributed by atoms with Gasteiger partial charge in [0.1, 0.15) is 11.4 Å². The fourth-order valence-corrected chi connectivity index (χ4v) is 3.37. The molecule has 0 atom stereocenters. The Hall–Kier alpha value is -2.60. The Morgan fingerprint density at radius 3 is 2.31 bits per heavy atom. The van der Waals surface area contributed by atoms with Crippen LogP contribution in [0.5, 0.6) is 5.75 Å². The summed E-state index contributed by atoms with van der Waals surface area (Å²) in [6.45, 7) is 3.68. The Morgan fingerprint density at radius 2 is 1.73 bits per heavy atom. The van der Waals surface area contributed by atoms with Gasteiger partial charge in [-0.15, -0.1) is 0 Å². The van der Waals surface area contributed by atoms with E-state index in [1.54, 1.807) is 46.3 Å². The van der Waals surface area contributed by atoms with Gasteiger partial charge in [-0.25, -0.2) is 0 Å². The first-order chi connectivity index (χ1) is 12.5. The van der Waals surface area contributed by atoms with Gasteiger partial charge in [0.05, 0.1) is 12.7 Å². The van der Waals surface area contributed by atoms with Crippen LogP contribution in [-0.4, -0.2) is 59.9 Å². The average Bonchev–Trinajstić information content (AvgIpc) is 2.67. The molecule has 0 saturated carbocycles. The number of nitrogens with zero attached hydrogens (tertiary/aromatic N) is 3. The molecule has 1 aromatic heterocycles. The van der Waals surface area contributed by atoms with Gasteiger partial charge >= 0.3 is 0 Å². The summed E-state index contributed by atoms with van der Waals surface area (Å²) in [5, 5.41) is 0.496. The molecule has 0 spiro atoms. The second-order valence-corrected chi connectivity index (χ2v) is 6.54. The zero-order chi connectivity index (χ0) is 18.7. The summed E-state index contributed by atoms with van der Waals surface area (Å²) in [5.74, 6) is 0.276. The second kappa shape index (κ2) is 7.74. The van der Waals surface area contributed by atoms with Crippen molar-refractivity contribution in [2.24, 2.45) is 0 Å². The number of rotatable bonds is 3. The summed E-state index contributed by atoms with van der Waals surface area (Å²) in [4.78, 5) is 32.9. The van der Waals surface area contributed by atoms with Crippen LogP contribution in [-0.2, 0) is 0 Å². The van der Waals surface area contributed by atoms with Crippen molar-refractivity contribution < 1.29 is 14.3 Å². The third-order valence-corrected chi connectivity index (χ3v) is 4.63. The minimum absolute atomic E-state index is 0.117. The molecule has 26 heavy (non-hydrogen) atoms. The van der Waals surface area contributed by atoms with Crippen molar-refractivity contribution in [3.8, 4) is 5.75 Å². The van der Waals surface area contributed by atoms with Crippen molar-refractivity contribution in [1.29, 1.82) is 0 Å². The SMILES string of the molecule is COc1c(C)cc(Cl)cc1C(=O)N1CCN(C(=O)c2ccccn2)CC1. The van der Waals surface area contributed by atoms with E-state index in [0.717, 1.165) is 5.56 Å². The molecule has 0 unspecified atom stereocenters. The lowest BCUT2D eigenvalue weighted by Gasteiger charge is -2.35. The minimum atomic E-state index is -0.141. The molecule has 1 aliphatic rings. The maximum atomic E-state index is 12.9. The van der Waals surface area contributed by atoms with Crippen LogP contribution >= 0.6 is 11.6 Å². The van der Waals surface area contributed by atoms with Gasteiger partial charge < -0.3 is 14.5 Å². The van der Waals surface area contributed by atoms with Crippen molar-refractivity contribution in [2.45, 2.75) is 6.92 Å². The van der Waals surface area contributed by atoms with E-state index >= 15 is 0 Å². The van der Waals surface area contributed by atoms with E-state index in [1.807, 2.05) is 6.92 Å². The van der Waals surface area contributed by atoms with Gasteiger partial charge in [0.25, 0.3) is 11.8 Å². The molecule has 2 amide bonds. The first kappa shape index (κ1) is 18.2. The number of piperazine rings is 1. The quantitative estimate of drug-likeness (QED) is 0.829. The van der Waals surface area contributed by atoms with Crippen molar-refractivity contribution in [1.82, 2.24) is 14.8 Å². The molecule has 3 rings (SSSR count). The molecule has 0 bridgehead atoms. The van der Waals surface area contributed by atoms with Crippen LogP contribution in [0.2, 0.25) is 5.02 Å². The van der Waals surface area contributed by atoms with Crippen LogP contribution in [0.1, 0.15) is 26.4 Å². The Balaban J connectivity index is 1.71. The lowest BCUT2D eigenvalue weighted by atomic mass is 10.1. The predicted molar refractivity (Wildman–Crippen MR) is 98.8 cm³/mol. The van der Waals surface area contributed by atoms with Crippen molar-refractivity contribution >= 4 is 23.4 Å². The van der Waals surface area contributed by atoms with E-state index in [9.17, 15) is 9.59 Å². The Labute approximate surface area is 157 Å². The van der Waals surface area contributed by atoms with Crippen LogP contribution in [0.15, 0.2) is 36.5 Å². The molecule has 1 fully saturated rings. The molecule has 1 saturated heterocycles. The van der Waals surface area contributed by atoms with Gasteiger partial charge in [-0.1, -0.05) is 17.7 Å². The fourth-order valence-electron chi connectivity index (χ4n) is 3.09. The summed E-state index contributed by atoms with van der Waals surface area (Å²) in [5.41, 5.74) is 1.67. The third kappa shape index (κ3) is 3.65. The van der Waals surface area contributed by atoms with Gasteiger partial charge in [0.2, 0.25) is 0 Å². The van der Waals surface area contributed by atoms with Crippen LogP contribution in [0.3, 0.4) is 0 Å². The maximum Gasteiger partial charge on any atom is 0.272 e. The van der Waals surface area contributed by atoms with Crippen molar-refractivity contribution in [3.63, 3.8) is 0 Å². The highest BCUT2D eigenvalue weighted by atomic mass is 35.5. The van der Waals surface area contributed by atoms with Crippen LogP contribution < -0.4 is 4.74 Å². The maximum absolute atomic E-state index is 12.9.